The van der Waals surface area contributed by atoms with E-state index in [0.717, 1.165) is 22.1 Å². The van der Waals surface area contributed by atoms with Crippen molar-refractivity contribution in [3.63, 3.8) is 0 Å². The Morgan fingerprint density at radius 3 is 2.86 bits per heavy atom. The first-order chi connectivity index (χ1) is 14.0. The van der Waals surface area contributed by atoms with Crippen LogP contribution in [0.15, 0.2) is 18.3 Å². The molecule has 3 heterocycles. The Morgan fingerprint density at radius 1 is 1.31 bits per heavy atom. The lowest BCUT2D eigenvalue weighted by atomic mass is 10.2. The van der Waals surface area contributed by atoms with Gasteiger partial charge in [0.2, 0.25) is 11.8 Å². The SMILES string of the molecule is COc1ccc([C@H]2C[C@@H]2COc2nc(N)nc(NCc3nnc(C)s3)c2F)nc1. The molecule has 0 spiro atoms. The number of aromatic nitrogens is 5. The summed E-state index contributed by atoms with van der Waals surface area (Å²) in [7, 11) is 1.60. The van der Waals surface area contributed by atoms with Gasteiger partial charge in [0, 0.05) is 17.5 Å². The van der Waals surface area contributed by atoms with E-state index < -0.39 is 5.82 Å². The molecule has 152 valence electrons. The van der Waals surface area contributed by atoms with Crippen LogP contribution in [0.1, 0.15) is 28.0 Å². The van der Waals surface area contributed by atoms with Gasteiger partial charge in [-0.2, -0.15) is 14.4 Å². The summed E-state index contributed by atoms with van der Waals surface area (Å²) in [6, 6.07) is 3.81. The van der Waals surface area contributed by atoms with Crippen LogP contribution in [0, 0.1) is 18.7 Å². The first-order valence-electron chi connectivity index (χ1n) is 9.02. The second-order valence-corrected chi connectivity index (χ2v) is 7.92. The van der Waals surface area contributed by atoms with E-state index in [1.807, 2.05) is 19.1 Å². The van der Waals surface area contributed by atoms with Gasteiger partial charge >= 0.3 is 0 Å². The number of nitrogen functional groups attached to an aromatic ring is 1. The number of nitrogens with two attached hydrogens (primary N) is 1. The first kappa shape index (κ1) is 19.2. The highest BCUT2D eigenvalue weighted by atomic mass is 32.1. The maximum atomic E-state index is 14.7. The number of aryl methyl sites for hydroxylation is 1. The minimum absolute atomic E-state index is 0.0236. The lowest BCUT2D eigenvalue weighted by molar-refractivity contribution is 0.271. The summed E-state index contributed by atoms with van der Waals surface area (Å²) in [5, 5.41) is 12.3. The van der Waals surface area contributed by atoms with E-state index >= 15 is 0 Å². The van der Waals surface area contributed by atoms with Crippen molar-refractivity contribution in [2.45, 2.75) is 25.8 Å². The van der Waals surface area contributed by atoms with Crippen molar-refractivity contribution in [2.24, 2.45) is 5.92 Å². The van der Waals surface area contributed by atoms with Crippen LogP contribution in [0.5, 0.6) is 11.6 Å². The minimum Gasteiger partial charge on any atom is -0.495 e. The summed E-state index contributed by atoms with van der Waals surface area (Å²) in [6.45, 7) is 2.45. The number of methoxy groups -OCH3 is 1. The van der Waals surface area contributed by atoms with E-state index in [1.54, 1.807) is 13.3 Å². The van der Waals surface area contributed by atoms with Crippen LogP contribution in [-0.2, 0) is 6.54 Å². The van der Waals surface area contributed by atoms with Gasteiger partial charge in [0.25, 0.3) is 5.88 Å². The standard InChI is InChI=1S/C18H20FN7O2S/c1-9-25-26-14(29-9)7-22-16-15(19)17(24-18(20)23-16)28-8-10-5-12(10)13-4-3-11(27-2)6-21-13/h3-4,6,10,12H,5,7-8H2,1-2H3,(H3,20,22,23,24)/t10-,12+/m1/s1. The molecular formula is C18H20FN7O2S. The number of hydrogen-bond acceptors (Lipinski definition) is 10. The Morgan fingerprint density at radius 2 is 2.17 bits per heavy atom. The van der Waals surface area contributed by atoms with Crippen molar-refractivity contribution >= 4 is 23.1 Å². The van der Waals surface area contributed by atoms with E-state index in [1.165, 1.54) is 11.3 Å². The number of nitrogens with zero attached hydrogens (tertiary/aromatic N) is 5. The summed E-state index contributed by atoms with van der Waals surface area (Å²) in [4.78, 5) is 12.2. The molecule has 4 rings (SSSR count). The number of pyridine rings is 1. The zero-order valence-corrected chi connectivity index (χ0v) is 16.7. The molecule has 0 saturated heterocycles. The molecule has 0 aromatic carbocycles. The zero-order chi connectivity index (χ0) is 20.4. The maximum Gasteiger partial charge on any atom is 0.257 e. The third-order valence-corrected chi connectivity index (χ3v) is 5.38. The molecule has 0 amide bonds. The molecule has 0 aliphatic heterocycles. The molecule has 9 nitrogen and oxygen atoms in total. The molecule has 0 bridgehead atoms. The van der Waals surface area contributed by atoms with Crippen LogP contribution in [-0.4, -0.2) is 38.9 Å². The molecule has 3 aromatic rings. The molecule has 3 N–H and O–H groups in total. The molecule has 1 saturated carbocycles. The third kappa shape index (κ3) is 4.50. The number of halogens is 1. The fourth-order valence-corrected chi connectivity index (χ4v) is 3.58. The monoisotopic (exact) mass is 417 g/mol. The van der Waals surface area contributed by atoms with Gasteiger partial charge in [0.05, 0.1) is 26.5 Å². The molecule has 0 unspecified atom stereocenters. The van der Waals surface area contributed by atoms with Gasteiger partial charge in [-0.1, -0.05) is 11.3 Å². The summed E-state index contributed by atoms with van der Waals surface area (Å²) in [5.74, 6) is 0.297. The molecular weight excluding hydrogens is 397 g/mol. The van der Waals surface area contributed by atoms with Crippen molar-refractivity contribution in [3.05, 3.63) is 39.9 Å². The molecule has 1 fully saturated rings. The second kappa shape index (κ2) is 8.11. The van der Waals surface area contributed by atoms with Crippen molar-refractivity contribution in [2.75, 3.05) is 24.8 Å². The van der Waals surface area contributed by atoms with Gasteiger partial charge in [-0.05, 0) is 25.5 Å². The van der Waals surface area contributed by atoms with Gasteiger partial charge < -0.3 is 20.5 Å². The number of ether oxygens (including phenoxy) is 2. The van der Waals surface area contributed by atoms with Crippen LogP contribution >= 0.6 is 11.3 Å². The van der Waals surface area contributed by atoms with E-state index in [-0.39, 0.29) is 36.0 Å². The van der Waals surface area contributed by atoms with Gasteiger partial charge in [-0.15, -0.1) is 10.2 Å². The van der Waals surface area contributed by atoms with Gasteiger partial charge in [0.15, 0.2) is 5.82 Å². The number of hydrogen-bond donors (Lipinski definition) is 2. The quantitative estimate of drug-likeness (QED) is 0.569. The predicted octanol–water partition coefficient (Wildman–Crippen LogP) is 2.56. The molecule has 2 atom stereocenters. The first-order valence-corrected chi connectivity index (χ1v) is 9.83. The van der Waals surface area contributed by atoms with Crippen molar-refractivity contribution in [3.8, 4) is 11.6 Å². The Balaban J connectivity index is 1.36. The molecule has 29 heavy (non-hydrogen) atoms. The summed E-state index contributed by atoms with van der Waals surface area (Å²) >= 11 is 1.42. The summed E-state index contributed by atoms with van der Waals surface area (Å²) in [5.41, 5.74) is 6.68. The Labute approximate surface area is 170 Å². The predicted molar refractivity (Wildman–Crippen MR) is 106 cm³/mol. The number of rotatable bonds is 8. The van der Waals surface area contributed by atoms with Gasteiger partial charge in [-0.3, -0.25) is 4.98 Å². The van der Waals surface area contributed by atoms with Crippen molar-refractivity contribution in [1.29, 1.82) is 0 Å². The van der Waals surface area contributed by atoms with E-state index in [2.05, 4.69) is 30.5 Å². The van der Waals surface area contributed by atoms with Crippen LogP contribution in [0.2, 0.25) is 0 Å². The second-order valence-electron chi connectivity index (χ2n) is 6.65. The van der Waals surface area contributed by atoms with Crippen LogP contribution < -0.4 is 20.5 Å². The number of anilines is 2. The van der Waals surface area contributed by atoms with Gasteiger partial charge in [0.1, 0.15) is 15.8 Å². The van der Waals surface area contributed by atoms with E-state index in [9.17, 15) is 4.39 Å². The topological polar surface area (TPSA) is 121 Å². The van der Waals surface area contributed by atoms with E-state index in [4.69, 9.17) is 15.2 Å². The largest absolute Gasteiger partial charge is 0.495 e. The highest BCUT2D eigenvalue weighted by molar-refractivity contribution is 7.11. The maximum absolute atomic E-state index is 14.7. The molecule has 0 radical (unpaired) electrons. The molecule has 1 aliphatic carbocycles. The minimum atomic E-state index is -0.680. The summed E-state index contributed by atoms with van der Waals surface area (Å²) in [6.07, 6.45) is 2.61. The Hall–Kier alpha value is -3.08. The fraction of sp³-hybridized carbons (Fsp3) is 0.389. The molecule has 1 aliphatic rings. The van der Waals surface area contributed by atoms with Gasteiger partial charge in [-0.25, -0.2) is 0 Å². The normalized spacial score (nSPS) is 17.8. The zero-order valence-electron chi connectivity index (χ0n) is 15.9. The Kier molecular flexibility index (Phi) is 5.38. The third-order valence-electron chi connectivity index (χ3n) is 4.54. The Bertz CT molecular complexity index is 998. The van der Waals surface area contributed by atoms with Crippen LogP contribution in [0.25, 0.3) is 0 Å². The van der Waals surface area contributed by atoms with Crippen molar-refractivity contribution in [1.82, 2.24) is 25.1 Å². The highest BCUT2D eigenvalue weighted by Crippen LogP contribution is 2.47. The van der Waals surface area contributed by atoms with Crippen molar-refractivity contribution < 1.29 is 13.9 Å². The number of nitrogens with one attached hydrogen (secondary N) is 1. The smallest absolute Gasteiger partial charge is 0.257 e. The average molecular weight is 417 g/mol. The van der Waals surface area contributed by atoms with Crippen LogP contribution in [0.3, 0.4) is 0 Å². The summed E-state index contributed by atoms with van der Waals surface area (Å²) < 4.78 is 25.4. The van der Waals surface area contributed by atoms with Crippen LogP contribution in [0.4, 0.5) is 16.2 Å². The van der Waals surface area contributed by atoms with E-state index in [0.29, 0.717) is 12.4 Å². The molecule has 3 aromatic heterocycles. The fourth-order valence-electron chi connectivity index (χ4n) is 2.94. The molecule has 11 heteroatoms. The lowest BCUT2D eigenvalue weighted by Crippen LogP contribution is -2.11. The highest BCUT2D eigenvalue weighted by Gasteiger charge is 2.40. The lowest BCUT2D eigenvalue weighted by Gasteiger charge is -2.10. The average Bonchev–Trinajstić information content (AvgIpc) is 3.39.